The van der Waals surface area contributed by atoms with Crippen molar-refractivity contribution in [2.75, 3.05) is 19.6 Å². The van der Waals surface area contributed by atoms with E-state index in [2.05, 4.69) is 36.2 Å². The largest absolute Gasteiger partial charge is 0.368 e. The van der Waals surface area contributed by atoms with Crippen molar-refractivity contribution in [2.45, 2.75) is 38.8 Å². The van der Waals surface area contributed by atoms with Gasteiger partial charge in [-0.15, -0.1) is 0 Å². The Kier molecular flexibility index (Phi) is 5.37. The highest BCUT2D eigenvalue weighted by Crippen LogP contribution is 2.23. The van der Waals surface area contributed by atoms with E-state index in [0.29, 0.717) is 12.5 Å². The SMILES string of the molecule is CC(C)CN1CCC(NCc2ccccc2)(C(N)=O)CC1. The van der Waals surface area contributed by atoms with Crippen molar-refractivity contribution in [1.29, 1.82) is 0 Å². The van der Waals surface area contributed by atoms with Gasteiger partial charge in [-0.05, 0) is 24.3 Å². The second-order valence-corrected chi connectivity index (χ2v) is 6.48. The summed E-state index contributed by atoms with van der Waals surface area (Å²) < 4.78 is 0. The van der Waals surface area contributed by atoms with Crippen LogP contribution in [0.3, 0.4) is 0 Å². The predicted molar refractivity (Wildman–Crippen MR) is 85.7 cm³/mol. The van der Waals surface area contributed by atoms with E-state index >= 15 is 0 Å². The molecule has 1 heterocycles. The number of hydrogen-bond acceptors (Lipinski definition) is 3. The molecule has 1 aliphatic heterocycles. The first-order valence-corrected chi connectivity index (χ1v) is 7.83. The van der Waals surface area contributed by atoms with Gasteiger partial charge >= 0.3 is 0 Å². The normalized spacial score (nSPS) is 18.8. The lowest BCUT2D eigenvalue weighted by atomic mass is 9.86. The second-order valence-electron chi connectivity index (χ2n) is 6.48. The van der Waals surface area contributed by atoms with Gasteiger partial charge in [-0.25, -0.2) is 0 Å². The molecule has 4 heteroatoms. The molecule has 0 bridgehead atoms. The lowest BCUT2D eigenvalue weighted by molar-refractivity contribution is -0.126. The Hall–Kier alpha value is -1.39. The zero-order valence-electron chi connectivity index (χ0n) is 13.1. The molecule has 0 aliphatic carbocycles. The highest BCUT2D eigenvalue weighted by molar-refractivity contribution is 5.84. The van der Waals surface area contributed by atoms with E-state index in [4.69, 9.17) is 5.73 Å². The number of likely N-dealkylation sites (tertiary alicyclic amines) is 1. The lowest BCUT2D eigenvalue weighted by Crippen LogP contribution is -2.60. The maximum atomic E-state index is 12.0. The second kappa shape index (κ2) is 7.05. The van der Waals surface area contributed by atoms with Gasteiger partial charge in [0.2, 0.25) is 5.91 Å². The van der Waals surface area contributed by atoms with Crippen molar-refractivity contribution in [3.63, 3.8) is 0 Å². The van der Waals surface area contributed by atoms with E-state index in [1.54, 1.807) is 0 Å². The van der Waals surface area contributed by atoms with Crippen LogP contribution in [0, 0.1) is 5.92 Å². The van der Waals surface area contributed by atoms with Crippen LogP contribution < -0.4 is 11.1 Å². The van der Waals surface area contributed by atoms with Gasteiger partial charge in [0.05, 0.1) is 0 Å². The third-order valence-corrected chi connectivity index (χ3v) is 4.28. The van der Waals surface area contributed by atoms with Crippen molar-refractivity contribution >= 4 is 5.91 Å². The molecular formula is C17H27N3O. The zero-order chi connectivity index (χ0) is 15.3. The first-order valence-electron chi connectivity index (χ1n) is 7.83. The van der Waals surface area contributed by atoms with Crippen LogP contribution in [-0.2, 0) is 11.3 Å². The summed E-state index contributed by atoms with van der Waals surface area (Å²) in [5.41, 5.74) is 6.32. The number of hydrogen-bond donors (Lipinski definition) is 2. The average Bonchev–Trinajstić information content (AvgIpc) is 2.47. The maximum absolute atomic E-state index is 12.0. The number of carbonyl (C=O) groups is 1. The zero-order valence-corrected chi connectivity index (χ0v) is 13.1. The van der Waals surface area contributed by atoms with Crippen LogP contribution in [0.2, 0.25) is 0 Å². The quantitative estimate of drug-likeness (QED) is 0.839. The molecule has 0 spiro atoms. The number of benzene rings is 1. The third-order valence-electron chi connectivity index (χ3n) is 4.28. The number of primary amides is 1. The fourth-order valence-electron chi connectivity index (χ4n) is 3.01. The average molecular weight is 289 g/mol. The lowest BCUT2D eigenvalue weighted by Gasteiger charge is -2.41. The fraction of sp³-hybridized carbons (Fsp3) is 0.588. The topological polar surface area (TPSA) is 58.4 Å². The van der Waals surface area contributed by atoms with E-state index in [9.17, 15) is 4.79 Å². The van der Waals surface area contributed by atoms with Crippen LogP contribution in [0.1, 0.15) is 32.3 Å². The molecule has 116 valence electrons. The van der Waals surface area contributed by atoms with Crippen LogP contribution in [0.25, 0.3) is 0 Å². The van der Waals surface area contributed by atoms with Gasteiger partial charge in [0.15, 0.2) is 0 Å². The van der Waals surface area contributed by atoms with Crippen LogP contribution in [0.5, 0.6) is 0 Å². The summed E-state index contributed by atoms with van der Waals surface area (Å²) in [5, 5.41) is 3.42. The fourth-order valence-corrected chi connectivity index (χ4v) is 3.01. The Bertz CT molecular complexity index is 450. The molecule has 0 aromatic heterocycles. The van der Waals surface area contributed by atoms with Gasteiger partial charge in [-0.2, -0.15) is 0 Å². The van der Waals surface area contributed by atoms with Crippen LogP contribution in [0.15, 0.2) is 30.3 Å². The molecule has 21 heavy (non-hydrogen) atoms. The number of carbonyl (C=O) groups excluding carboxylic acids is 1. The monoisotopic (exact) mass is 289 g/mol. The molecule has 0 radical (unpaired) electrons. The number of rotatable bonds is 6. The highest BCUT2D eigenvalue weighted by atomic mass is 16.1. The molecule has 1 saturated heterocycles. The number of nitrogens with two attached hydrogens (primary N) is 1. The summed E-state index contributed by atoms with van der Waals surface area (Å²) in [6.07, 6.45) is 1.59. The maximum Gasteiger partial charge on any atom is 0.237 e. The van der Waals surface area contributed by atoms with Crippen molar-refractivity contribution in [1.82, 2.24) is 10.2 Å². The van der Waals surface area contributed by atoms with E-state index < -0.39 is 5.54 Å². The summed E-state index contributed by atoms with van der Waals surface area (Å²) in [4.78, 5) is 14.4. The first kappa shape index (κ1) is 16.0. The van der Waals surface area contributed by atoms with Crippen LogP contribution in [-0.4, -0.2) is 36.0 Å². The number of amides is 1. The number of nitrogens with zero attached hydrogens (tertiary/aromatic N) is 1. The Labute approximate surface area is 127 Å². The predicted octanol–water partition coefficient (Wildman–Crippen LogP) is 1.75. The van der Waals surface area contributed by atoms with Gasteiger partial charge in [-0.1, -0.05) is 44.2 Å². The van der Waals surface area contributed by atoms with Gasteiger partial charge < -0.3 is 10.6 Å². The molecule has 1 aliphatic rings. The summed E-state index contributed by atoms with van der Waals surface area (Å²) in [6, 6.07) is 10.2. The molecule has 1 amide bonds. The Morgan fingerprint density at radius 1 is 1.29 bits per heavy atom. The molecule has 3 N–H and O–H groups in total. The summed E-state index contributed by atoms with van der Waals surface area (Å²) in [5.74, 6) is 0.436. The Balaban J connectivity index is 1.94. The minimum atomic E-state index is -0.552. The van der Waals surface area contributed by atoms with Crippen molar-refractivity contribution < 1.29 is 4.79 Å². The molecule has 0 saturated carbocycles. The standard InChI is InChI=1S/C17H27N3O/c1-14(2)13-20-10-8-17(9-11-20,16(18)21)19-12-15-6-4-3-5-7-15/h3-7,14,19H,8-13H2,1-2H3,(H2,18,21). The van der Waals surface area contributed by atoms with Crippen molar-refractivity contribution in [3.05, 3.63) is 35.9 Å². The molecule has 2 rings (SSSR count). The minimum absolute atomic E-state index is 0.220. The van der Waals surface area contributed by atoms with E-state index in [1.807, 2.05) is 18.2 Å². The molecule has 0 unspecified atom stereocenters. The van der Waals surface area contributed by atoms with Crippen LogP contribution >= 0.6 is 0 Å². The van der Waals surface area contributed by atoms with E-state index in [1.165, 1.54) is 5.56 Å². The molecule has 1 aromatic rings. The van der Waals surface area contributed by atoms with Crippen LogP contribution in [0.4, 0.5) is 0 Å². The van der Waals surface area contributed by atoms with Gasteiger partial charge in [-0.3, -0.25) is 10.1 Å². The van der Waals surface area contributed by atoms with Crippen molar-refractivity contribution in [3.8, 4) is 0 Å². The molecule has 4 nitrogen and oxygen atoms in total. The minimum Gasteiger partial charge on any atom is -0.368 e. The van der Waals surface area contributed by atoms with Gasteiger partial charge in [0, 0.05) is 26.2 Å². The Morgan fingerprint density at radius 3 is 2.43 bits per heavy atom. The highest BCUT2D eigenvalue weighted by Gasteiger charge is 2.39. The van der Waals surface area contributed by atoms with E-state index in [-0.39, 0.29) is 5.91 Å². The number of nitrogens with one attached hydrogen (secondary N) is 1. The third kappa shape index (κ3) is 4.29. The molecule has 1 aromatic carbocycles. The van der Waals surface area contributed by atoms with Crippen molar-refractivity contribution in [2.24, 2.45) is 11.7 Å². The summed E-state index contributed by atoms with van der Waals surface area (Å²) in [7, 11) is 0. The molecule has 0 atom stereocenters. The van der Waals surface area contributed by atoms with E-state index in [0.717, 1.165) is 32.5 Å². The smallest absolute Gasteiger partial charge is 0.237 e. The molecular weight excluding hydrogens is 262 g/mol. The molecule has 1 fully saturated rings. The van der Waals surface area contributed by atoms with Gasteiger partial charge in [0.1, 0.15) is 5.54 Å². The van der Waals surface area contributed by atoms with Gasteiger partial charge in [0.25, 0.3) is 0 Å². The first-order chi connectivity index (χ1) is 10.0. The Morgan fingerprint density at radius 2 is 1.90 bits per heavy atom. The number of piperidine rings is 1. The summed E-state index contributed by atoms with van der Waals surface area (Å²) >= 11 is 0. The summed E-state index contributed by atoms with van der Waals surface area (Å²) in [6.45, 7) is 8.10.